The first-order valence-corrected chi connectivity index (χ1v) is 6.87. The first-order chi connectivity index (χ1) is 9.52. The highest BCUT2D eigenvalue weighted by atomic mass is 16.2. The van der Waals surface area contributed by atoms with E-state index in [1.54, 1.807) is 12.1 Å². The topological polar surface area (TPSA) is 84.2 Å². The Bertz CT molecular complexity index is 441. The third-order valence-electron chi connectivity index (χ3n) is 2.77. The highest BCUT2D eigenvalue weighted by Gasteiger charge is 2.08. The van der Waals surface area contributed by atoms with E-state index in [-0.39, 0.29) is 18.4 Å². The molecule has 0 bridgehead atoms. The van der Waals surface area contributed by atoms with E-state index < -0.39 is 0 Å². The molecule has 0 aliphatic rings. The second kappa shape index (κ2) is 8.32. The Hall–Kier alpha value is -1.88. The molecule has 0 aliphatic carbocycles. The molecule has 0 aromatic heterocycles. The second-order valence-electron chi connectivity index (χ2n) is 5.12. The summed E-state index contributed by atoms with van der Waals surface area (Å²) in [7, 11) is 0. The van der Waals surface area contributed by atoms with Crippen LogP contribution in [-0.2, 0) is 11.2 Å². The van der Waals surface area contributed by atoms with Gasteiger partial charge in [0, 0.05) is 12.1 Å². The van der Waals surface area contributed by atoms with E-state index in [1.165, 1.54) is 0 Å². The molecular weight excluding hydrogens is 254 g/mol. The Morgan fingerprint density at radius 3 is 2.35 bits per heavy atom. The number of hydrogen-bond donors (Lipinski definition) is 3. The van der Waals surface area contributed by atoms with Gasteiger partial charge in [-0.1, -0.05) is 26.0 Å². The van der Waals surface area contributed by atoms with Gasteiger partial charge >= 0.3 is 0 Å². The average molecular weight is 277 g/mol. The predicted octanol–water partition coefficient (Wildman–Crippen LogP) is 0.690. The maximum absolute atomic E-state index is 11.8. The van der Waals surface area contributed by atoms with Gasteiger partial charge in [0.2, 0.25) is 5.91 Å². The minimum atomic E-state index is -0.246. The van der Waals surface area contributed by atoms with Crippen LogP contribution in [-0.4, -0.2) is 31.4 Å². The SMILES string of the molecule is CC(C)CNC(=O)CNC(=O)c1ccc(CCN)cc1. The summed E-state index contributed by atoms with van der Waals surface area (Å²) in [6.07, 6.45) is 0.791. The van der Waals surface area contributed by atoms with Crippen LogP contribution >= 0.6 is 0 Å². The number of carbonyl (C=O) groups is 2. The number of hydrogen-bond acceptors (Lipinski definition) is 3. The van der Waals surface area contributed by atoms with Crippen LogP contribution in [0, 0.1) is 5.92 Å². The van der Waals surface area contributed by atoms with E-state index in [0.29, 0.717) is 24.6 Å². The first-order valence-electron chi connectivity index (χ1n) is 6.87. The molecule has 4 N–H and O–H groups in total. The number of carbonyl (C=O) groups excluding carboxylic acids is 2. The molecule has 2 amide bonds. The molecule has 5 heteroatoms. The summed E-state index contributed by atoms with van der Waals surface area (Å²) in [5, 5.41) is 5.35. The third kappa shape index (κ3) is 5.84. The number of nitrogens with one attached hydrogen (secondary N) is 2. The summed E-state index contributed by atoms with van der Waals surface area (Å²) < 4.78 is 0. The fraction of sp³-hybridized carbons (Fsp3) is 0.467. The van der Waals surface area contributed by atoms with E-state index in [0.717, 1.165) is 12.0 Å². The maximum atomic E-state index is 11.8. The number of rotatable bonds is 7. The van der Waals surface area contributed by atoms with Gasteiger partial charge in [0.05, 0.1) is 6.54 Å². The second-order valence-corrected chi connectivity index (χ2v) is 5.12. The molecule has 110 valence electrons. The van der Waals surface area contributed by atoms with Crippen LogP contribution < -0.4 is 16.4 Å². The summed E-state index contributed by atoms with van der Waals surface area (Å²) in [4.78, 5) is 23.3. The van der Waals surface area contributed by atoms with Crippen LogP contribution in [0.5, 0.6) is 0 Å². The Balaban J connectivity index is 2.40. The van der Waals surface area contributed by atoms with Gasteiger partial charge in [-0.15, -0.1) is 0 Å². The van der Waals surface area contributed by atoms with Crippen LogP contribution in [0.1, 0.15) is 29.8 Å². The smallest absolute Gasteiger partial charge is 0.251 e. The standard InChI is InChI=1S/C15H23N3O2/c1-11(2)9-17-14(19)10-18-15(20)13-5-3-12(4-6-13)7-8-16/h3-6,11H,7-10,16H2,1-2H3,(H,17,19)(H,18,20). The highest BCUT2D eigenvalue weighted by Crippen LogP contribution is 2.04. The monoisotopic (exact) mass is 277 g/mol. The number of benzene rings is 1. The first kappa shape index (κ1) is 16.2. The van der Waals surface area contributed by atoms with Crippen molar-refractivity contribution < 1.29 is 9.59 Å². The van der Waals surface area contributed by atoms with E-state index in [4.69, 9.17) is 5.73 Å². The lowest BCUT2D eigenvalue weighted by atomic mass is 10.1. The molecule has 0 spiro atoms. The van der Waals surface area contributed by atoms with E-state index >= 15 is 0 Å². The molecule has 0 saturated carbocycles. The van der Waals surface area contributed by atoms with E-state index in [9.17, 15) is 9.59 Å². The van der Waals surface area contributed by atoms with Crippen molar-refractivity contribution in [1.29, 1.82) is 0 Å². The minimum absolute atomic E-state index is 0.00386. The van der Waals surface area contributed by atoms with Crippen molar-refractivity contribution >= 4 is 11.8 Å². The molecular formula is C15H23N3O2. The zero-order valence-electron chi connectivity index (χ0n) is 12.1. The number of nitrogens with two attached hydrogens (primary N) is 1. The largest absolute Gasteiger partial charge is 0.354 e. The fourth-order valence-electron chi connectivity index (χ4n) is 1.63. The van der Waals surface area contributed by atoms with Crippen molar-refractivity contribution in [3.05, 3.63) is 35.4 Å². The molecule has 20 heavy (non-hydrogen) atoms. The Morgan fingerprint density at radius 2 is 1.80 bits per heavy atom. The van der Waals surface area contributed by atoms with Gasteiger partial charge in [0.1, 0.15) is 0 Å². The molecule has 1 aromatic rings. The molecule has 0 radical (unpaired) electrons. The quantitative estimate of drug-likeness (QED) is 0.685. The van der Waals surface area contributed by atoms with Crippen molar-refractivity contribution in [3.8, 4) is 0 Å². The normalized spacial score (nSPS) is 10.4. The summed E-state index contributed by atoms with van der Waals surface area (Å²) >= 11 is 0. The van der Waals surface area contributed by atoms with Gasteiger partial charge < -0.3 is 16.4 Å². The highest BCUT2D eigenvalue weighted by molar-refractivity contribution is 5.96. The van der Waals surface area contributed by atoms with Gasteiger partial charge in [0.15, 0.2) is 0 Å². The Kier molecular flexibility index (Phi) is 6.73. The van der Waals surface area contributed by atoms with Crippen LogP contribution in [0.25, 0.3) is 0 Å². The lowest BCUT2D eigenvalue weighted by molar-refractivity contribution is -0.120. The Morgan fingerprint density at radius 1 is 1.15 bits per heavy atom. The average Bonchev–Trinajstić information content (AvgIpc) is 2.43. The van der Waals surface area contributed by atoms with Crippen LogP contribution in [0.15, 0.2) is 24.3 Å². The molecule has 1 aromatic carbocycles. The van der Waals surface area contributed by atoms with Gasteiger partial charge in [-0.3, -0.25) is 9.59 Å². The number of amides is 2. The molecule has 1 rings (SSSR count). The fourth-order valence-corrected chi connectivity index (χ4v) is 1.63. The maximum Gasteiger partial charge on any atom is 0.251 e. The van der Waals surface area contributed by atoms with E-state index in [1.807, 2.05) is 26.0 Å². The van der Waals surface area contributed by atoms with Gasteiger partial charge in [-0.2, -0.15) is 0 Å². The molecule has 0 aliphatic heterocycles. The molecule has 0 fully saturated rings. The van der Waals surface area contributed by atoms with Crippen LogP contribution in [0.2, 0.25) is 0 Å². The van der Waals surface area contributed by atoms with Gasteiger partial charge in [-0.25, -0.2) is 0 Å². The lowest BCUT2D eigenvalue weighted by Gasteiger charge is -2.09. The Labute approximate surface area is 119 Å². The van der Waals surface area contributed by atoms with Crippen LogP contribution in [0.3, 0.4) is 0 Å². The summed E-state index contributed by atoms with van der Waals surface area (Å²) in [5.74, 6) is -0.0273. The molecule has 0 heterocycles. The summed E-state index contributed by atoms with van der Waals surface area (Å²) in [6.45, 7) is 5.23. The van der Waals surface area contributed by atoms with Crippen molar-refractivity contribution in [2.45, 2.75) is 20.3 Å². The van der Waals surface area contributed by atoms with Crippen molar-refractivity contribution in [2.75, 3.05) is 19.6 Å². The van der Waals surface area contributed by atoms with E-state index in [2.05, 4.69) is 10.6 Å². The van der Waals surface area contributed by atoms with Crippen molar-refractivity contribution in [3.63, 3.8) is 0 Å². The van der Waals surface area contributed by atoms with Gasteiger partial charge in [0.25, 0.3) is 5.91 Å². The summed E-state index contributed by atoms with van der Waals surface area (Å²) in [6, 6.07) is 7.24. The molecule has 0 unspecified atom stereocenters. The van der Waals surface area contributed by atoms with Crippen molar-refractivity contribution in [1.82, 2.24) is 10.6 Å². The lowest BCUT2D eigenvalue weighted by Crippen LogP contribution is -2.38. The molecule has 0 saturated heterocycles. The molecule has 0 atom stereocenters. The predicted molar refractivity (Wildman–Crippen MR) is 79.4 cm³/mol. The zero-order chi connectivity index (χ0) is 15.0. The zero-order valence-corrected chi connectivity index (χ0v) is 12.1. The van der Waals surface area contributed by atoms with Crippen molar-refractivity contribution in [2.24, 2.45) is 11.7 Å². The third-order valence-corrected chi connectivity index (χ3v) is 2.77. The minimum Gasteiger partial charge on any atom is -0.354 e. The molecule has 5 nitrogen and oxygen atoms in total. The van der Waals surface area contributed by atoms with Crippen LogP contribution in [0.4, 0.5) is 0 Å². The summed E-state index contributed by atoms with van der Waals surface area (Å²) in [5.41, 5.74) is 7.11. The van der Waals surface area contributed by atoms with Gasteiger partial charge in [-0.05, 0) is 36.6 Å².